The van der Waals surface area contributed by atoms with Gasteiger partial charge in [0.15, 0.2) is 6.04 Å². The monoisotopic (exact) mass is 306 g/mol. The molecule has 0 aliphatic carbocycles. The fraction of sp³-hybridized carbons (Fsp3) is 0.500. The van der Waals surface area contributed by atoms with E-state index in [2.05, 4.69) is 5.32 Å². The largest absolute Gasteiger partial charge is 0.495 e. The summed E-state index contributed by atoms with van der Waals surface area (Å²) in [6.07, 6.45) is 1.73. The summed E-state index contributed by atoms with van der Waals surface area (Å²) in [6, 6.07) is 7.07. The van der Waals surface area contributed by atoms with Crippen molar-refractivity contribution < 1.29 is 19.2 Å². The third-order valence-electron chi connectivity index (χ3n) is 4.33. The lowest BCUT2D eigenvalue weighted by molar-refractivity contribution is -0.921. The van der Waals surface area contributed by atoms with Crippen LogP contribution < -0.4 is 20.7 Å². The summed E-state index contributed by atoms with van der Waals surface area (Å²) in [5.74, 6) is 0.149. The summed E-state index contributed by atoms with van der Waals surface area (Å²) >= 11 is 0. The van der Waals surface area contributed by atoms with Crippen molar-refractivity contribution >= 4 is 17.5 Å². The molecule has 4 N–H and O–H groups in total. The van der Waals surface area contributed by atoms with E-state index < -0.39 is 0 Å². The van der Waals surface area contributed by atoms with Crippen LogP contribution in [0.15, 0.2) is 24.3 Å². The normalized spacial score (nSPS) is 22.6. The SMILES string of the molecule is COc1ccccc1NC(=O)[C@@H](C)[NH+]1CCC[C@H](C(N)=O)C1. The van der Waals surface area contributed by atoms with Crippen LogP contribution in [-0.2, 0) is 9.59 Å². The molecule has 2 rings (SSSR count). The third kappa shape index (κ3) is 3.76. The van der Waals surface area contributed by atoms with E-state index in [0.717, 1.165) is 24.3 Å². The highest BCUT2D eigenvalue weighted by molar-refractivity contribution is 5.95. The number of likely N-dealkylation sites (tertiary alicyclic amines) is 1. The first-order valence-electron chi connectivity index (χ1n) is 7.60. The van der Waals surface area contributed by atoms with Crippen LogP contribution >= 0.6 is 0 Å². The summed E-state index contributed by atoms with van der Waals surface area (Å²) in [5.41, 5.74) is 6.05. The number of nitrogens with one attached hydrogen (secondary N) is 2. The average molecular weight is 306 g/mol. The number of carbonyl (C=O) groups is 2. The van der Waals surface area contributed by atoms with Crippen molar-refractivity contribution in [2.24, 2.45) is 11.7 Å². The highest BCUT2D eigenvalue weighted by Crippen LogP contribution is 2.22. The Morgan fingerprint density at radius 1 is 1.41 bits per heavy atom. The molecule has 1 fully saturated rings. The van der Waals surface area contributed by atoms with Gasteiger partial charge in [0.05, 0.1) is 31.8 Å². The Labute approximate surface area is 130 Å². The molecule has 0 bridgehead atoms. The van der Waals surface area contributed by atoms with Crippen LogP contribution in [0.2, 0.25) is 0 Å². The second-order valence-corrected chi connectivity index (χ2v) is 5.77. The Balaban J connectivity index is 2.01. The number of primary amides is 1. The lowest BCUT2D eigenvalue weighted by atomic mass is 9.96. The summed E-state index contributed by atoms with van der Waals surface area (Å²) in [4.78, 5) is 24.9. The molecule has 1 aliphatic rings. The highest BCUT2D eigenvalue weighted by Gasteiger charge is 2.33. The molecule has 6 heteroatoms. The number of hydrogen-bond acceptors (Lipinski definition) is 3. The van der Waals surface area contributed by atoms with E-state index >= 15 is 0 Å². The van der Waals surface area contributed by atoms with Gasteiger partial charge in [-0.3, -0.25) is 9.59 Å². The maximum absolute atomic E-state index is 12.5. The number of quaternary nitrogens is 1. The van der Waals surface area contributed by atoms with Crippen molar-refractivity contribution in [2.45, 2.75) is 25.8 Å². The van der Waals surface area contributed by atoms with Gasteiger partial charge >= 0.3 is 0 Å². The molecule has 22 heavy (non-hydrogen) atoms. The molecule has 0 saturated carbocycles. The molecule has 1 aromatic carbocycles. The van der Waals surface area contributed by atoms with E-state index in [4.69, 9.17) is 10.5 Å². The van der Waals surface area contributed by atoms with E-state index in [1.807, 2.05) is 19.1 Å². The van der Waals surface area contributed by atoms with Gasteiger partial charge in [-0.15, -0.1) is 0 Å². The molecule has 2 amide bonds. The Morgan fingerprint density at radius 2 is 2.14 bits per heavy atom. The molecule has 0 spiro atoms. The van der Waals surface area contributed by atoms with Crippen molar-refractivity contribution in [1.82, 2.24) is 0 Å². The number of ether oxygens (including phenoxy) is 1. The number of piperidine rings is 1. The first kappa shape index (κ1) is 16.3. The maximum atomic E-state index is 12.5. The molecule has 6 nitrogen and oxygen atoms in total. The second kappa shape index (κ2) is 7.26. The first-order valence-corrected chi connectivity index (χ1v) is 7.60. The second-order valence-electron chi connectivity index (χ2n) is 5.77. The van der Waals surface area contributed by atoms with Crippen LogP contribution in [-0.4, -0.2) is 38.1 Å². The third-order valence-corrected chi connectivity index (χ3v) is 4.33. The predicted octanol–water partition coefficient (Wildman–Crippen LogP) is -0.198. The zero-order chi connectivity index (χ0) is 16.1. The molecule has 1 saturated heterocycles. The number of para-hydroxylation sites is 2. The van der Waals surface area contributed by atoms with Gasteiger partial charge in [-0.05, 0) is 31.9 Å². The Kier molecular flexibility index (Phi) is 5.38. The fourth-order valence-electron chi connectivity index (χ4n) is 2.91. The van der Waals surface area contributed by atoms with E-state index in [-0.39, 0.29) is 23.8 Å². The Bertz CT molecular complexity index is 547. The van der Waals surface area contributed by atoms with Crippen molar-refractivity contribution in [3.63, 3.8) is 0 Å². The summed E-state index contributed by atoms with van der Waals surface area (Å²) < 4.78 is 5.24. The number of methoxy groups -OCH3 is 1. The number of nitrogens with two attached hydrogens (primary N) is 1. The standard InChI is InChI=1S/C16H23N3O3/c1-11(19-9-5-6-12(10-19)15(17)20)16(21)18-13-7-3-4-8-14(13)22-2/h3-4,7-8,11-12H,5-6,9-10H2,1-2H3,(H2,17,20)(H,18,21)/p+1/t11-,12+/m1/s1. The van der Waals surface area contributed by atoms with Crippen LogP contribution in [0.3, 0.4) is 0 Å². The summed E-state index contributed by atoms with van der Waals surface area (Å²) in [5, 5.41) is 2.90. The molecule has 1 unspecified atom stereocenters. The number of benzene rings is 1. The van der Waals surface area contributed by atoms with E-state index in [0.29, 0.717) is 18.0 Å². The summed E-state index contributed by atoms with van der Waals surface area (Å²) in [6.45, 7) is 3.38. The van der Waals surface area contributed by atoms with Crippen LogP contribution in [0, 0.1) is 5.92 Å². The smallest absolute Gasteiger partial charge is 0.282 e. The van der Waals surface area contributed by atoms with Crippen LogP contribution in [0.4, 0.5) is 5.69 Å². The van der Waals surface area contributed by atoms with Gasteiger partial charge in [0.1, 0.15) is 5.75 Å². The number of hydrogen-bond donors (Lipinski definition) is 3. The van der Waals surface area contributed by atoms with Crippen molar-refractivity contribution in [3.8, 4) is 5.75 Å². The van der Waals surface area contributed by atoms with Gasteiger partial charge in [-0.25, -0.2) is 0 Å². The molecule has 1 aromatic rings. The number of rotatable bonds is 5. The van der Waals surface area contributed by atoms with E-state index in [9.17, 15) is 9.59 Å². The predicted molar refractivity (Wildman–Crippen MR) is 83.7 cm³/mol. The molecule has 120 valence electrons. The van der Waals surface area contributed by atoms with Crippen LogP contribution in [0.25, 0.3) is 0 Å². The average Bonchev–Trinajstić information content (AvgIpc) is 2.54. The van der Waals surface area contributed by atoms with Gasteiger partial charge in [-0.2, -0.15) is 0 Å². The highest BCUT2D eigenvalue weighted by atomic mass is 16.5. The topological polar surface area (TPSA) is 85.9 Å². The minimum atomic E-state index is -0.269. The lowest BCUT2D eigenvalue weighted by Crippen LogP contribution is -3.18. The fourth-order valence-corrected chi connectivity index (χ4v) is 2.91. The van der Waals surface area contributed by atoms with Gasteiger partial charge < -0.3 is 20.7 Å². The Morgan fingerprint density at radius 3 is 2.82 bits per heavy atom. The number of anilines is 1. The molecular weight excluding hydrogens is 282 g/mol. The van der Waals surface area contributed by atoms with Crippen molar-refractivity contribution in [1.29, 1.82) is 0 Å². The summed E-state index contributed by atoms with van der Waals surface area (Å²) in [7, 11) is 1.57. The molecular formula is C16H24N3O3+. The maximum Gasteiger partial charge on any atom is 0.282 e. The van der Waals surface area contributed by atoms with Gasteiger partial charge in [0.2, 0.25) is 5.91 Å². The van der Waals surface area contributed by atoms with Crippen LogP contribution in [0.5, 0.6) is 5.75 Å². The van der Waals surface area contributed by atoms with Gasteiger partial charge in [0.25, 0.3) is 5.91 Å². The van der Waals surface area contributed by atoms with Gasteiger partial charge in [-0.1, -0.05) is 12.1 Å². The quantitative estimate of drug-likeness (QED) is 0.704. The van der Waals surface area contributed by atoms with Crippen molar-refractivity contribution in [2.75, 3.05) is 25.5 Å². The van der Waals surface area contributed by atoms with E-state index in [1.165, 1.54) is 0 Å². The lowest BCUT2D eigenvalue weighted by Gasteiger charge is -2.32. The zero-order valence-electron chi connectivity index (χ0n) is 13.1. The van der Waals surface area contributed by atoms with E-state index in [1.54, 1.807) is 19.2 Å². The molecule has 1 aliphatic heterocycles. The van der Waals surface area contributed by atoms with Crippen LogP contribution in [0.1, 0.15) is 19.8 Å². The molecule has 3 atom stereocenters. The number of carbonyl (C=O) groups excluding carboxylic acids is 2. The first-order chi connectivity index (χ1) is 10.5. The Hall–Kier alpha value is -2.08. The molecule has 0 radical (unpaired) electrons. The van der Waals surface area contributed by atoms with Gasteiger partial charge in [0, 0.05) is 0 Å². The zero-order valence-corrected chi connectivity index (χ0v) is 13.1. The number of amides is 2. The molecule has 0 aromatic heterocycles. The van der Waals surface area contributed by atoms with Crippen molar-refractivity contribution in [3.05, 3.63) is 24.3 Å². The minimum absolute atomic E-state index is 0.0791. The molecule has 1 heterocycles. The minimum Gasteiger partial charge on any atom is -0.495 e.